The lowest BCUT2D eigenvalue weighted by Crippen LogP contribution is -2.33. The van der Waals surface area contributed by atoms with Crippen molar-refractivity contribution in [2.45, 2.75) is 38.1 Å². The van der Waals surface area contributed by atoms with Gasteiger partial charge in [-0.3, -0.25) is 4.79 Å². The Morgan fingerprint density at radius 3 is 2.92 bits per heavy atom. The molecule has 2 aliphatic rings. The Bertz CT molecular complexity index is 738. The molecule has 24 heavy (non-hydrogen) atoms. The number of amides is 1. The van der Waals surface area contributed by atoms with E-state index in [9.17, 15) is 4.79 Å². The Kier molecular flexibility index (Phi) is 3.96. The molecule has 126 valence electrons. The van der Waals surface area contributed by atoms with E-state index < -0.39 is 0 Å². The minimum absolute atomic E-state index is 0.0308. The van der Waals surface area contributed by atoms with Crippen molar-refractivity contribution in [3.63, 3.8) is 0 Å². The van der Waals surface area contributed by atoms with E-state index in [-0.39, 0.29) is 18.6 Å². The highest BCUT2D eigenvalue weighted by molar-refractivity contribution is 5.78. The highest BCUT2D eigenvalue weighted by Crippen LogP contribution is 2.39. The van der Waals surface area contributed by atoms with Crippen LogP contribution in [0.4, 0.5) is 0 Å². The largest absolute Gasteiger partial charge is 0.484 e. The van der Waals surface area contributed by atoms with Crippen molar-refractivity contribution >= 4 is 5.91 Å². The first-order chi connectivity index (χ1) is 11.7. The van der Waals surface area contributed by atoms with Crippen molar-refractivity contribution in [1.82, 2.24) is 19.9 Å². The van der Waals surface area contributed by atoms with Gasteiger partial charge in [0.05, 0.1) is 11.7 Å². The van der Waals surface area contributed by atoms with E-state index in [0.29, 0.717) is 12.5 Å². The predicted octanol–water partition coefficient (Wildman–Crippen LogP) is 2.32. The molecule has 0 spiro atoms. The van der Waals surface area contributed by atoms with Crippen molar-refractivity contribution in [3.8, 4) is 5.75 Å². The number of aryl methyl sites for hydroxylation is 1. The van der Waals surface area contributed by atoms with Gasteiger partial charge in [-0.2, -0.15) is 0 Å². The minimum Gasteiger partial charge on any atom is -0.484 e. The third-order valence-corrected chi connectivity index (χ3v) is 4.86. The molecule has 1 aromatic heterocycles. The standard InChI is InChI=1S/C18H22N4O2/c1-13-4-2-3-5-17(13)24-12-18(23)21-9-8-15(10-21)22-11-16(19-20-22)14-6-7-14/h2-5,11,14-15H,6-10,12H2,1H3. The number of hydrogen-bond acceptors (Lipinski definition) is 4. The molecule has 1 unspecified atom stereocenters. The summed E-state index contributed by atoms with van der Waals surface area (Å²) in [6.45, 7) is 3.50. The highest BCUT2D eigenvalue weighted by Gasteiger charge is 2.31. The van der Waals surface area contributed by atoms with E-state index in [0.717, 1.165) is 30.0 Å². The number of benzene rings is 1. The molecule has 2 heterocycles. The summed E-state index contributed by atoms with van der Waals surface area (Å²) in [5, 5.41) is 8.52. The molecule has 4 rings (SSSR count). The van der Waals surface area contributed by atoms with Crippen LogP contribution in [0.25, 0.3) is 0 Å². The lowest BCUT2D eigenvalue weighted by atomic mass is 10.2. The second-order valence-electron chi connectivity index (χ2n) is 6.73. The van der Waals surface area contributed by atoms with E-state index in [4.69, 9.17) is 4.74 Å². The second kappa shape index (κ2) is 6.26. The monoisotopic (exact) mass is 326 g/mol. The van der Waals surface area contributed by atoms with Gasteiger partial charge in [0.2, 0.25) is 0 Å². The zero-order valence-corrected chi connectivity index (χ0v) is 13.9. The SMILES string of the molecule is Cc1ccccc1OCC(=O)N1CCC(n2cc(C3CC3)nn2)C1. The maximum absolute atomic E-state index is 12.4. The number of hydrogen-bond donors (Lipinski definition) is 0. The van der Waals surface area contributed by atoms with Crippen molar-refractivity contribution < 1.29 is 9.53 Å². The summed E-state index contributed by atoms with van der Waals surface area (Å²) < 4.78 is 7.60. The van der Waals surface area contributed by atoms with E-state index >= 15 is 0 Å². The maximum atomic E-state index is 12.4. The number of aromatic nitrogens is 3. The molecule has 6 nitrogen and oxygen atoms in total. The molecular weight excluding hydrogens is 304 g/mol. The van der Waals surface area contributed by atoms with Crippen LogP contribution >= 0.6 is 0 Å². The van der Waals surface area contributed by atoms with Crippen LogP contribution in [0.5, 0.6) is 5.75 Å². The van der Waals surface area contributed by atoms with Gasteiger partial charge in [0.1, 0.15) is 5.75 Å². The molecule has 1 saturated carbocycles. The van der Waals surface area contributed by atoms with Crippen LogP contribution in [0.3, 0.4) is 0 Å². The molecule has 1 amide bonds. The summed E-state index contributed by atoms with van der Waals surface area (Å²) in [5.41, 5.74) is 2.14. The fourth-order valence-corrected chi connectivity index (χ4v) is 3.17. The third kappa shape index (κ3) is 3.13. The van der Waals surface area contributed by atoms with Crippen LogP contribution in [-0.2, 0) is 4.79 Å². The first-order valence-electron chi connectivity index (χ1n) is 8.58. The number of carbonyl (C=O) groups excluding carboxylic acids is 1. The zero-order valence-electron chi connectivity index (χ0n) is 13.9. The van der Waals surface area contributed by atoms with Crippen molar-refractivity contribution in [2.75, 3.05) is 19.7 Å². The normalized spacial score (nSPS) is 20.4. The Morgan fingerprint density at radius 1 is 1.29 bits per heavy atom. The summed E-state index contributed by atoms with van der Waals surface area (Å²) in [4.78, 5) is 14.2. The van der Waals surface area contributed by atoms with Gasteiger partial charge in [-0.25, -0.2) is 4.68 Å². The maximum Gasteiger partial charge on any atom is 0.260 e. The van der Waals surface area contributed by atoms with E-state index in [1.807, 2.05) is 40.8 Å². The van der Waals surface area contributed by atoms with Gasteiger partial charge in [0, 0.05) is 25.2 Å². The number of rotatable bonds is 5. The van der Waals surface area contributed by atoms with Gasteiger partial charge in [-0.05, 0) is 37.8 Å². The van der Waals surface area contributed by atoms with Crippen molar-refractivity contribution in [3.05, 3.63) is 41.7 Å². The third-order valence-electron chi connectivity index (χ3n) is 4.86. The van der Waals surface area contributed by atoms with E-state index in [1.54, 1.807) is 0 Å². The number of ether oxygens (including phenoxy) is 1. The molecule has 0 bridgehead atoms. The van der Waals surface area contributed by atoms with Gasteiger partial charge in [-0.1, -0.05) is 23.4 Å². The quantitative estimate of drug-likeness (QED) is 0.846. The molecule has 1 aliphatic heterocycles. The Balaban J connectivity index is 1.32. The number of nitrogens with zero attached hydrogens (tertiary/aromatic N) is 4. The smallest absolute Gasteiger partial charge is 0.260 e. The minimum atomic E-state index is 0.0308. The van der Waals surface area contributed by atoms with Crippen LogP contribution in [0.2, 0.25) is 0 Å². The first-order valence-corrected chi connectivity index (χ1v) is 8.58. The zero-order chi connectivity index (χ0) is 16.5. The Labute approximate surface area is 141 Å². The average molecular weight is 326 g/mol. The van der Waals surface area contributed by atoms with E-state index in [1.165, 1.54) is 12.8 Å². The summed E-state index contributed by atoms with van der Waals surface area (Å²) in [7, 11) is 0. The molecule has 0 radical (unpaired) electrons. The topological polar surface area (TPSA) is 60.2 Å². The van der Waals surface area contributed by atoms with Crippen LogP contribution < -0.4 is 4.74 Å². The van der Waals surface area contributed by atoms with Crippen LogP contribution in [-0.4, -0.2) is 45.5 Å². The van der Waals surface area contributed by atoms with Crippen molar-refractivity contribution in [2.24, 2.45) is 0 Å². The fraction of sp³-hybridized carbons (Fsp3) is 0.500. The Hall–Kier alpha value is -2.37. The van der Waals surface area contributed by atoms with Gasteiger partial charge < -0.3 is 9.64 Å². The Morgan fingerprint density at radius 2 is 2.12 bits per heavy atom. The van der Waals surface area contributed by atoms with Gasteiger partial charge in [-0.15, -0.1) is 5.10 Å². The number of para-hydroxylation sites is 1. The molecule has 1 atom stereocenters. The fourth-order valence-electron chi connectivity index (χ4n) is 3.17. The molecule has 1 aromatic carbocycles. The molecule has 2 fully saturated rings. The van der Waals surface area contributed by atoms with Crippen LogP contribution in [0, 0.1) is 6.92 Å². The van der Waals surface area contributed by atoms with Gasteiger partial charge in [0.25, 0.3) is 5.91 Å². The highest BCUT2D eigenvalue weighted by atomic mass is 16.5. The molecule has 1 saturated heterocycles. The van der Waals surface area contributed by atoms with Crippen molar-refractivity contribution in [1.29, 1.82) is 0 Å². The second-order valence-corrected chi connectivity index (χ2v) is 6.73. The predicted molar refractivity (Wildman–Crippen MR) is 88.9 cm³/mol. The van der Waals surface area contributed by atoms with Crippen LogP contribution in [0.15, 0.2) is 30.5 Å². The molecule has 2 aromatic rings. The summed E-state index contributed by atoms with van der Waals surface area (Å²) in [5.74, 6) is 1.41. The molecule has 1 aliphatic carbocycles. The summed E-state index contributed by atoms with van der Waals surface area (Å²) >= 11 is 0. The number of carbonyl (C=O) groups is 1. The molecular formula is C18H22N4O2. The summed E-state index contributed by atoms with van der Waals surface area (Å²) in [6, 6.07) is 7.98. The van der Waals surface area contributed by atoms with Crippen LogP contribution in [0.1, 0.15) is 42.5 Å². The van der Waals surface area contributed by atoms with E-state index in [2.05, 4.69) is 16.5 Å². The molecule has 0 N–H and O–H groups in total. The first kappa shape index (κ1) is 15.2. The lowest BCUT2D eigenvalue weighted by molar-refractivity contribution is -0.132. The van der Waals surface area contributed by atoms with Gasteiger partial charge in [0.15, 0.2) is 6.61 Å². The summed E-state index contributed by atoms with van der Waals surface area (Å²) in [6.07, 6.45) is 5.43. The average Bonchev–Trinajstić information content (AvgIpc) is 3.12. The molecule has 6 heteroatoms. The number of likely N-dealkylation sites (tertiary alicyclic amines) is 1. The van der Waals surface area contributed by atoms with Gasteiger partial charge >= 0.3 is 0 Å². The lowest BCUT2D eigenvalue weighted by Gasteiger charge is -2.17.